The van der Waals surface area contributed by atoms with Gasteiger partial charge in [0.2, 0.25) is 12.7 Å². The molecule has 7 heteroatoms. The SMILES string of the molecule is CCOC(=O)C1=C(N)OC2=C(C(=O)CC(C)(C)C2)[C@H]1c1ccc2c(c1)OCO2. The van der Waals surface area contributed by atoms with E-state index >= 15 is 0 Å². The number of carbonyl (C=O) groups excluding carboxylic acids is 2. The van der Waals surface area contributed by atoms with Gasteiger partial charge in [-0.2, -0.15) is 0 Å². The molecule has 0 aromatic heterocycles. The molecule has 4 rings (SSSR count). The Morgan fingerprint density at radius 2 is 2.00 bits per heavy atom. The number of ether oxygens (including phenoxy) is 4. The molecule has 1 aliphatic carbocycles. The number of rotatable bonds is 3. The summed E-state index contributed by atoms with van der Waals surface area (Å²) in [5, 5.41) is 0. The molecule has 0 bridgehead atoms. The van der Waals surface area contributed by atoms with E-state index in [9.17, 15) is 9.59 Å². The zero-order valence-electron chi connectivity index (χ0n) is 16.2. The molecule has 2 aliphatic heterocycles. The maximum absolute atomic E-state index is 13.1. The Hall–Kier alpha value is -2.96. The van der Waals surface area contributed by atoms with E-state index in [0.29, 0.717) is 41.2 Å². The molecule has 1 aromatic rings. The Labute approximate surface area is 163 Å². The number of carbonyl (C=O) groups is 2. The van der Waals surface area contributed by atoms with Gasteiger partial charge in [0.1, 0.15) is 11.3 Å². The fourth-order valence-corrected chi connectivity index (χ4v) is 4.02. The maximum atomic E-state index is 13.1. The summed E-state index contributed by atoms with van der Waals surface area (Å²) in [4.78, 5) is 25.8. The largest absolute Gasteiger partial charge is 0.462 e. The van der Waals surface area contributed by atoms with E-state index in [1.165, 1.54) is 0 Å². The highest BCUT2D eigenvalue weighted by molar-refractivity contribution is 6.03. The zero-order valence-corrected chi connectivity index (χ0v) is 16.2. The van der Waals surface area contributed by atoms with Crippen molar-refractivity contribution in [1.82, 2.24) is 0 Å². The van der Waals surface area contributed by atoms with Crippen molar-refractivity contribution >= 4 is 11.8 Å². The van der Waals surface area contributed by atoms with Crippen LogP contribution in [0, 0.1) is 5.41 Å². The number of esters is 1. The fraction of sp³-hybridized carbons (Fsp3) is 0.429. The van der Waals surface area contributed by atoms with Crippen molar-refractivity contribution in [1.29, 1.82) is 0 Å². The Bertz CT molecular complexity index is 927. The van der Waals surface area contributed by atoms with Gasteiger partial charge in [-0.15, -0.1) is 0 Å². The smallest absolute Gasteiger partial charge is 0.340 e. The quantitative estimate of drug-likeness (QED) is 0.799. The highest BCUT2D eigenvalue weighted by atomic mass is 16.7. The van der Waals surface area contributed by atoms with Crippen molar-refractivity contribution in [2.75, 3.05) is 13.4 Å². The number of allylic oxidation sites excluding steroid dienone is 2. The van der Waals surface area contributed by atoms with E-state index in [0.717, 1.165) is 0 Å². The number of fused-ring (bicyclic) bond motifs is 1. The van der Waals surface area contributed by atoms with Gasteiger partial charge in [0.25, 0.3) is 0 Å². The summed E-state index contributed by atoms with van der Waals surface area (Å²) in [6, 6.07) is 5.36. The van der Waals surface area contributed by atoms with E-state index in [-0.39, 0.29) is 36.1 Å². The summed E-state index contributed by atoms with van der Waals surface area (Å²) in [6.07, 6.45) is 0.929. The lowest BCUT2D eigenvalue weighted by Crippen LogP contribution is -2.35. The fourth-order valence-electron chi connectivity index (χ4n) is 4.02. The van der Waals surface area contributed by atoms with Crippen LogP contribution in [0.5, 0.6) is 11.5 Å². The number of Topliss-reactive ketones (excluding diaryl/α,β-unsaturated/α-hetero) is 1. The predicted octanol–water partition coefficient (Wildman–Crippen LogP) is 2.91. The predicted molar refractivity (Wildman–Crippen MR) is 99.3 cm³/mol. The molecule has 0 radical (unpaired) electrons. The first-order chi connectivity index (χ1) is 13.3. The number of ketones is 1. The molecule has 0 saturated heterocycles. The second-order valence-electron chi connectivity index (χ2n) is 7.92. The lowest BCUT2D eigenvalue weighted by Gasteiger charge is -2.37. The molecule has 2 heterocycles. The average Bonchev–Trinajstić information content (AvgIpc) is 3.07. The zero-order chi connectivity index (χ0) is 20.1. The monoisotopic (exact) mass is 385 g/mol. The summed E-state index contributed by atoms with van der Waals surface area (Å²) in [7, 11) is 0. The normalized spacial score (nSPS) is 22.7. The van der Waals surface area contributed by atoms with Gasteiger partial charge in [-0.3, -0.25) is 4.79 Å². The number of hydrogen-bond acceptors (Lipinski definition) is 7. The van der Waals surface area contributed by atoms with E-state index in [1.807, 2.05) is 19.9 Å². The Morgan fingerprint density at radius 1 is 1.25 bits per heavy atom. The van der Waals surface area contributed by atoms with E-state index in [4.69, 9.17) is 24.7 Å². The Kier molecular flexibility index (Phi) is 4.33. The Balaban J connectivity index is 1.87. The van der Waals surface area contributed by atoms with Crippen molar-refractivity contribution < 1.29 is 28.5 Å². The molecular weight excluding hydrogens is 362 g/mol. The van der Waals surface area contributed by atoms with E-state index in [1.54, 1.807) is 19.1 Å². The first-order valence-electron chi connectivity index (χ1n) is 9.31. The second kappa shape index (κ2) is 6.58. The topological polar surface area (TPSA) is 97.1 Å². The molecule has 7 nitrogen and oxygen atoms in total. The minimum atomic E-state index is -0.666. The van der Waals surface area contributed by atoms with Gasteiger partial charge in [0.05, 0.1) is 12.5 Å². The molecule has 0 fully saturated rings. The first kappa shape index (κ1) is 18.4. The van der Waals surface area contributed by atoms with Crippen molar-refractivity contribution in [3.05, 3.63) is 46.6 Å². The van der Waals surface area contributed by atoms with Gasteiger partial charge < -0.3 is 24.7 Å². The van der Waals surface area contributed by atoms with Crippen LogP contribution >= 0.6 is 0 Å². The van der Waals surface area contributed by atoms with Crippen LogP contribution in [0.15, 0.2) is 41.0 Å². The first-order valence-corrected chi connectivity index (χ1v) is 9.31. The highest BCUT2D eigenvalue weighted by Crippen LogP contribution is 2.49. The summed E-state index contributed by atoms with van der Waals surface area (Å²) in [6.45, 7) is 6.06. The van der Waals surface area contributed by atoms with Gasteiger partial charge in [-0.1, -0.05) is 19.9 Å². The Morgan fingerprint density at radius 3 is 2.75 bits per heavy atom. The van der Waals surface area contributed by atoms with Crippen molar-refractivity contribution in [2.45, 2.75) is 39.5 Å². The van der Waals surface area contributed by atoms with Crippen LogP contribution in [0.4, 0.5) is 0 Å². The molecule has 148 valence electrons. The minimum absolute atomic E-state index is 0.0228. The van der Waals surface area contributed by atoms with E-state index in [2.05, 4.69) is 0 Å². The third kappa shape index (κ3) is 3.00. The molecule has 1 aromatic carbocycles. The summed E-state index contributed by atoms with van der Waals surface area (Å²) >= 11 is 0. The van der Waals surface area contributed by atoms with E-state index < -0.39 is 11.9 Å². The van der Waals surface area contributed by atoms with Crippen LogP contribution in [-0.2, 0) is 19.1 Å². The summed E-state index contributed by atoms with van der Waals surface area (Å²) in [5.74, 6) is 0.378. The number of nitrogens with two attached hydrogens (primary N) is 1. The lowest BCUT2D eigenvalue weighted by atomic mass is 9.70. The molecule has 3 aliphatic rings. The van der Waals surface area contributed by atoms with Crippen molar-refractivity contribution in [3.8, 4) is 11.5 Å². The van der Waals surface area contributed by atoms with Crippen molar-refractivity contribution in [3.63, 3.8) is 0 Å². The van der Waals surface area contributed by atoms with Gasteiger partial charge >= 0.3 is 5.97 Å². The van der Waals surface area contributed by atoms with Gasteiger partial charge in [0, 0.05) is 18.4 Å². The molecule has 1 atom stereocenters. The van der Waals surface area contributed by atoms with Crippen LogP contribution in [0.2, 0.25) is 0 Å². The third-order valence-corrected chi connectivity index (χ3v) is 5.18. The van der Waals surface area contributed by atoms with Gasteiger partial charge in [-0.25, -0.2) is 4.79 Å². The number of hydrogen-bond donors (Lipinski definition) is 1. The molecule has 0 unspecified atom stereocenters. The minimum Gasteiger partial charge on any atom is -0.462 e. The lowest BCUT2D eigenvalue weighted by molar-refractivity contribution is -0.139. The number of benzene rings is 1. The molecule has 0 spiro atoms. The highest BCUT2D eigenvalue weighted by Gasteiger charge is 2.45. The molecule has 0 saturated carbocycles. The van der Waals surface area contributed by atoms with Crippen LogP contribution in [0.3, 0.4) is 0 Å². The second-order valence-corrected chi connectivity index (χ2v) is 7.92. The van der Waals surface area contributed by atoms with Crippen LogP contribution in [0.25, 0.3) is 0 Å². The van der Waals surface area contributed by atoms with Gasteiger partial charge in [0.15, 0.2) is 17.3 Å². The van der Waals surface area contributed by atoms with Gasteiger partial charge in [-0.05, 0) is 30.0 Å². The molecule has 0 amide bonds. The van der Waals surface area contributed by atoms with Crippen LogP contribution < -0.4 is 15.2 Å². The standard InChI is InChI=1S/C21H23NO6/c1-4-25-20(24)18-16(11-5-6-13-14(7-11)27-10-26-13)17-12(23)8-21(2,3)9-15(17)28-19(18)22/h5-7,16H,4,8-10,22H2,1-3H3/t16-/m1/s1. The van der Waals surface area contributed by atoms with Crippen molar-refractivity contribution in [2.24, 2.45) is 11.1 Å². The average molecular weight is 385 g/mol. The van der Waals surface area contributed by atoms with Crippen LogP contribution in [0.1, 0.15) is 45.1 Å². The third-order valence-electron chi connectivity index (χ3n) is 5.18. The van der Waals surface area contributed by atoms with Crippen LogP contribution in [-0.4, -0.2) is 25.2 Å². The summed E-state index contributed by atoms with van der Waals surface area (Å²) < 4.78 is 21.8. The molecule has 2 N–H and O–H groups in total. The summed E-state index contributed by atoms with van der Waals surface area (Å²) in [5.41, 5.74) is 7.23. The molecule has 28 heavy (non-hydrogen) atoms. The molecular formula is C21H23NO6. The maximum Gasteiger partial charge on any atom is 0.340 e.